The maximum Gasteiger partial charge on any atom is 0.472 e. The van der Waals surface area contributed by atoms with Crippen molar-refractivity contribution in [2.24, 2.45) is 0 Å². The summed E-state index contributed by atoms with van der Waals surface area (Å²) in [5.74, 6) is -0.577. The van der Waals surface area contributed by atoms with Crippen LogP contribution in [0.1, 0.15) is 129 Å². The Morgan fingerprint density at radius 3 is 1.81 bits per heavy atom. The van der Waals surface area contributed by atoms with Crippen molar-refractivity contribution in [3.05, 3.63) is 12.2 Å². The molecule has 1 aliphatic rings. The number of phosphoric acid groups is 1. The van der Waals surface area contributed by atoms with E-state index in [1.807, 2.05) is 0 Å². The van der Waals surface area contributed by atoms with E-state index in [0.717, 1.165) is 64.2 Å². The minimum absolute atomic E-state index is 0.232. The number of hydrogen-bond acceptors (Lipinski definition) is 11. The summed E-state index contributed by atoms with van der Waals surface area (Å²) in [5, 5.41) is 73.8. The largest absolute Gasteiger partial charge is 0.472 e. The Balaban J connectivity index is 2.69. The zero-order chi connectivity index (χ0) is 35.2. The van der Waals surface area contributed by atoms with E-state index in [-0.39, 0.29) is 12.8 Å². The van der Waals surface area contributed by atoms with Gasteiger partial charge in [0.2, 0.25) is 5.91 Å². The van der Waals surface area contributed by atoms with Gasteiger partial charge in [0.05, 0.1) is 31.3 Å². The summed E-state index contributed by atoms with van der Waals surface area (Å²) in [6, 6.07) is -1.15. The first-order valence-electron chi connectivity index (χ1n) is 17.7. The number of aliphatic hydroxyl groups is 7. The average molecular weight is 698 g/mol. The van der Waals surface area contributed by atoms with Gasteiger partial charge in [-0.05, 0) is 32.1 Å². The summed E-state index contributed by atoms with van der Waals surface area (Å²) in [6.45, 7) is 3.62. The number of rotatable bonds is 27. The van der Waals surface area contributed by atoms with Crippen LogP contribution < -0.4 is 5.32 Å². The Morgan fingerprint density at radius 1 is 0.723 bits per heavy atom. The molecule has 1 amide bonds. The molecule has 1 rings (SSSR count). The molecule has 0 aromatic heterocycles. The van der Waals surface area contributed by atoms with E-state index in [9.17, 15) is 50.0 Å². The van der Waals surface area contributed by atoms with Crippen LogP contribution in [0.4, 0.5) is 0 Å². The summed E-state index contributed by atoms with van der Waals surface area (Å²) in [4.78, 5) is 23.1. The highest BCUT2D eigenvalue weighted by atomic mass is 31.2. The molecule has 0 spiro atoms. The molecule has 14 heteroatoms. The highest BCUT2D eigenvalue weighted by Gasteiger charge is 2.51. The van der Waals surface area contributed by atoms with E-state index in [2.05, 4.69) is 31.3 Å². The van der Waals surface area contributed by atoms with Gasteiger partial charge in [0.25, 0.3) is 0 Å². The van der Waals surface area contributed by atoms with Crippen LogP contribution in [0.3, 0.4) is 0 Å². The molecule has 1 fully saturated rings. The Morgan fingerprint density at radius 2 is 1.21 bits per heavy atom. The molecule has 0 aliphatic heterocycles. The first-order valence-corrected chi connectivity index (χ1v) is 19.2. The minimum Gasteiger partial charge on any atom is -0.393 e. The van der Waals surface area contributed by atoms with Crippen molar-refractivity contribution in [2.75, 3.05) is 6.61 Å². The molecule has 8 atom stereocenters. The van der Waals surface area contributed by atoms with Crippen molar-refractivity contribution in [1.82, 2.24) is 5.32 Å². The number of allylic oxidation sites excluding steroid dienone is 2. The van der Waals surface area contributed by atoms with Gasteiger partial charge in [-0.3, -0.25) is 13.8 Å². The zero-order valence-electron chi connectivity index (χ0n) is 28.4. The van der Waals surface area contributed by atoms with Crippen LogP contribution in [0.2, 0.25) is 0 Å². The third kappa shape index (κ3) is 18.6. The average Bonchev–Trinajstić information content (AvgIpc) is 3.03. The number of phosphoric ester groups is 1. The Bertz CT molecular complexity index is 880. The Kier molecular flexibility index (Phi) is 23.5. The lowest BCUT2D eigenvalue weighted by atomic mass is 9.85. The fraction of sp³-hybridized carbons (Fsp3) is 0.909. The standard InChI is InChI=1S/C33H64NO12P/c1-3-5-7-9-11-13-14-16-18-20-24(35)22-27(37)34-25(26(36)21-19-17-15-12-10-8-6-4-2)23-45-47(43,44)46-33-31(41)29(39)28(38)30(40)32(33)42/h9,11,24-26,28-33,35-36,38-42H,3-8,10,12-23H2,1-2H3,(H,34,37)(H,43,44)/b11-9-. The molecule has 278 valence electrons. The molecular weight excluding hydrogens is 633 g/mol. The minimum atomic E-state index is -5.10. The van der Waals surface area contributed by atoms with Gasteiger partial charge >= 0.3 is 7.82 Å². The van der Waals surface area contributed by atoms with Gasteiger partial charge in [-0.2, -0.15) is 0 Å². The lowest BCUT2D eigenvalue weighted by Crippen LogP contribution is -2.64. The molecule has 8 unspecified atom stereocenters. The van der Waals surface area contributed by atoms with Crippen LogP contribution in [0.15, 0.2) is 12.2 Å². The van der Waals surface area contributed by atoms with E-state index >= 15 is 0 Å². The molecule has 1 saturated carbocycles. The number of carbonyl (C=O) groups is 1. The number of amides is 1. The van der Waals surface area contributed by atoms with Crippen molar-refractivity contribution in [2.45, 2.75) is 184 Å². The number of carbonyl (C=O) groups excluding carboxylic acids is 1. The SMILES string of the molecule is CCCC/C=C\CCCCCC(O)CC(=O)NC(COP(=O)(O)OC1C(O)C(O)C(O)C(O)C1O)C(O)CCCCCCCCCC. The van der Waals surface area contributed by atoms with Crippen molar-refractivity contribution in [3.63, 3.8) is 0 Å². The van der Waals surface area contributed by atoms with Crippen LogP contribution in [0.5, 0.6) is 0 Å². The lowest BCUT2D eigenvalue weighted by Gasteiger charge is -2.41. The van der Waals surface area contributed by atoms with Crippen LogP contribution in [-0.2, 0) is 18.4 Å². The molecule has 13 nitrogen and oxygen atoms in total. The zero-order valence-corrected chi connectivity index (χ0v) is 29.3. The highest BCUT2D eigenvalue weighted by molar-refractivity contribution is 7.47. The topological polar surface area (TPSA) is 226 Å². The van der Waals surface area contributed by atoms with Gasteiger partial charge in [0.15, 0.2) is 0 Å². The molecule has 0 heterocycles. The smallest absolute Gasteiger partial charge is 0.393 e. The van der Waals surface area contributed by atoms with E-state index in [4.69, 9.17) is 9.05 Å². The first-order chi connectivity index (χ1) is 22.3. The quantitative estimate of drug-likeness (QED) is 0.0343. The van der Waals surface area contributed by atoms with Crippen LogP contribution in [0, 0.1) is 0 Å². The maximum absolute atomic E-state index is 12.8. The summed E-state index contributed by atoms with van der Waals surface area (Å²) < 4.78 is 22.6. The Hall–Kier alpha value is -0.960. The maximum atomic E-state index is 12.8. The molecular formula is C33H64NO12P. The summed E-state index contributed by atoms with van der Waals surface area (Å²) in [7, 11) is -5.10. The fourth-order valence-electron chi connectivity index (χ4n) is 5.58. The number of unbranched alkanes of at least 4 members (excludes halogenated alkanes) is 12. The molecule has 0 aromatic carbocycles. The molecule has 0 saturated heterocycles. The second-order valence-electron chi connectivity index (χ2n) is 12.9. The third-order valence-electron chi connectivity index (χ3n) is 8.63. The second-order valence-corrected chi connectivity index (χ2v) is 14.3. The van der Waals surface area contributed by atoms with Gasteiger partial charge in [-0.25, -0.2) is 4.57 Å². The van der Waals surface area contributed by atoms with Gasteiger partial charge in [0, 0.05) is 0 Å². The van der Waals surface area contributed by atoms with Crippen LogP contribution in [0.25, 0.3) is 0 Å². The summed E-state index contributed by atoms with van der Waals surface area (Å²) in [5.41, 5.74) is 0. The van der Waals surface area contributed by atoms with Crippen LogP contribution >= 0.6 is 7.82 Å². The molecule has 0 aromatic rings. The number of hydrogen-bond donors (Lipinski definition) is 9. The van der Waals surface area contributed by atoms with Gasteiger partial charge in [-0.15, -0.1) is 0 Å². The lowest BCUT2D eigenvalue weighted by molar-refractivity contribution is -0.220. The second kappa shape index (κ2) is 25.1. The predicted molar refractivity (Wildman–Crippen MR) is 178 cm³/mol. The van der Waals surface area contributed by atoms with E-state index in [0.29, 0.717) is 12.8 Å². The van der Waals surface area contributed by atoms with E-state index in [1.165, 1.54) is 25.7 Å². The Labute approximate surface area is 281 Å². The predicted octanol–water partition coefficient (Wildman–Crippen LogP) is 3.13. The molecule has 0 bridgehead atoms. The molecule has 9 N–H and O–H groups in total. The highest BCUT2D eigenvalue weighted by Crippen LogP contribution is 2.47. The van der Waals surface area contributed by atoms with Gasteiger partial charge in [0.1, 0.15) is 36.6 Å². The molecule has 0 radical (unpaired) electrons. The molecule has 47 heavy (non-hydrogen) atoms. The van der Waals surface area contributed by atoms with Crippen molar-refractivity contribution in [1.29, 1.82) is 0 Å². The van der Waals surface area contributed by atoms with Crippen molar-refractivity contribution < 1.29 is 59.0 Å². The number of nitrogens with one attached hydrogen (secondary N) is 1. The van der Waals surface area contributed by atoms with E-state index < -0.39 is 75.2 Å². The van der Waals surface area contributed by atoms with Crippen molar-refractivity contribution >= 4 is 13.7 Å². The summed E-state index contributed by atoms with van der Waals surface area (Å²) in [6.07, 6.45) is 6.15. The molecule has 1 aliphatic carbocycles. The monoisotopic (exact) mass is 697 g/mol. The third-order valence-corrected chi connectivity index (χ3v) is 9.61. The van der Waals surface area contributed by atoms with Gasteiger partial charge < -0.3 is 46.0 Å². The first kappa shape index (κ1) is 44.1. The summed E-state index contributed by atoms with van der Waals surface area (Å²) >= 11 is 0. The fourth-order valence-corrected chi connectivity index (χ4v) is 6.54. The normalized spacial score (nSPS) is 26.6. The number of aliphatic hydroxyl groups excluding tert-OH is 7. The van der Waals surface area contributed by atoms with E-state index in [1.54, 1.807) is 0 Å². The van der Waals surface area contributed by atoms with Crippen LogP contribution in [-0.4, -0.2) is 108 Å². The van der Waals surface area contributed by atoms with Gasteiger partial charge in [-0.1, -0.05) is 103 Å². The van der Waals surface area contributed by atoms with Crippen molar-refractivity contribution in [3.8, 4) is 0 Å².